The Labute approximate surface area is 130 Å². The molecule has 0 saturated carbocycles. The zero-order valence-electron chi connectivity index (χ0n) is 13.3. The first-order chi connectivity index (χ1) is 10.5. The lowest BCUT2D eigenvalue weighted by atomic mass is 9.92. The number of nitrogens with one attached hydrogen (secondary N) is 1. The highest BCUT2D eigenvalue weighted by Crippen LogP contribution is 2.38. The molecule has 1 atom stereocenters. The van der Waals surface area contributed by atoms with Gasteiger partial charge in [0.2, 0.25) is 11.8 Å². The van der Waals surface area contributed by atoms with Crippen molar-refractivity contribution in [2.45, 2.75) is 26.7 Å². The van der Waals surface area contributed by atoms with Gasteiger partial charge in [-0.05, 0) is 38.0 Å². The number of rotatable bonds is 3. The van der Waals surface area contributed by atoms with Gasteiger partial charge in [-0.2, -0.15) is 0 Å². The number of benzene rings is 1. The minimum Gasteiger partial charge on any atom is -0.492 e. The van der Waals surface area contributed by atoms with E-state index < -0.39 is 0 Å². The van der Waals surface area contributed by atoms with Crippen molar-refractivity contribution in [3.63, 3.8) is 0 Å². The fourth-order valence-corrected chi connectivity index (χ4v) is 3.04. The third-order valence-corrected chi connectivity index (χ3v) is 4.62. The van der Waals surface area contributed by atoms with Crippen molar-refractivity contribution in [1.29, 1.82) is 0 Å². The maximum absolute atomic E-state index is 12.6. The molecule has 2 heterocycles. The Morgan fingerprint density at radius 2 is 1.95 bits per heavy atom. The van der Waals surface area contributed by atoms with Crippen LogP contribution >= 0.6 is 0 Å². The van der Waals surface area contributed by atoms with E-state index in [1.807, 2.05) is 26.8 Å². The molecule has 1 aromatic rings. The van der Waals surface area contributed by atoms with Crippen LogP contribution in [0.2, 0.25) is 0 Å². The predicted molar refractivity (Wildman–Crippen MR) is 82.9 cm³/mol. The second-order valence-electron chi connectivity index (χ2n) is 6.17. The van der Waals surface area contributed by atoms with Crippen LogP contribution in [0.25, 0.3) is 0 Å². The molecule has 1 saturated heterocycles. The topological polar surface area (TPSA) is 58.6 Å². The Kier molecular flexibility index (Phi) is 3.81. The zero-order valence-corrected chi connectivity index (χ0v) is 13.3. The molecule has 1 N–H and O–H groups in total. The minimum absolute atomic E-state index is 0.0427. The molecule has 22 heavy (non-hydrogen) atoms. The molecule has 0 unspecified atom stereocenters. The summed E-state index contributed by atoms with van der Waals surface area (Å²) in [6.45, 7) is 8.05. The summed E-state index contributed by atoms with van der Waals surface area (Å²) in [7, 11) is 0. The lowest BCUT2D eigenvalue weighted by Crippen LogP contribution is -2.56. The van der Waals surface area contributed by atoms with Crippen molar-refractivity contribution in [3.05, 3.63) is 28.8 Å². The van der Waals surface area contributed by atoms with Gasteiger partial charge in [-0.1, -0.05) is 6.07 Å². The third-order valence-electron chi connectivity index (χ3n) is 4.62. The molecule has 0 aromatic heterocycles. The van der Waals surface area contributed by atoms with Crippen LogP contribution in [0.1, 0.15) is 29.5 Å². The summed E-state index contributed by atoms with van der Waals surface area (Å²) in [5.41, 5.74) is 3.33. The van der Waals surface area contributed by atoms with Crippen molar-refractivity contribution < 1.29 is 14.3 Å². The summed E-state index contributed by atoms with van der Waals surface area (Å²) in [6, 6.07) is 4.06. The monoisotopic (exact) mass is 302 g/mol. The van der Waals surface area contributed by atoms with Crippen LogP contribution in [0.5, 0.6) is 5.75 Å². The van der Waals surface area contributed by atoms with Gasteiger partial charge < -0.3 is 15.0 Å². The maximum atomic E-state index is 12.6. The molecule has 0 bridgehead atoms. The van der Waals surface area contributed by atoms with Crippen LogP contribution in [-0.4, -0.2) is 43.0 Å². The highest BCUT2D eigenvalue weighted by Gasteiger charge is 2.41. The molecule has 5 nitrogen and oxygen atoms in total. The van der Waals surface area contributed by atoms with Crippen LogP contribution < -0.4 is 10.1 Å². The number of carbonyl (C=O) groups excluding carboxylic acids is 2. The number of likely N-dealkylation sites (tertiary alicyclic amines) is 1. The lowest BCUT2D eigenvalue weighted by Gasteiger charge is -2.39. The first-order valence-electron chi connectivity index (χ1n) is 7.81. The van der Waals surface area contributed by atoms with E-state index in [9.17, 15) is 9.59 Å². The zero-order chi connectivity index (χ0) is 15.9. The summed E-state index contributed by atoms with van der Waals surface area (Å²) in [5.74, 6) is 0.640. The second kappa shape index (κ2) is 5.63. The molecule has 118 valence electrons. The minimum atomic E-state index is -0.232. The number of aryl methyl sites for hydroxylation is 2. The van der Waals surface area contributed by atoms with Gasteiger partial charge in [0, 0.05) is 25.2 Å². The van der Waals surface area contributed by atoms with Gasteiger partial charge in [0.1, 0.15) is 18.3 Å². The fraction of sp³-hybridized carbons (Fsp3) is 0.529. The van der Waals surface area contributed by atoms with Gasteiger partial charge >= 0.3 is 0 Å². The molecule has 2 aliphatic rings. The molecule has 3 rings (SSSR count). The van der Waals surface area contributed by atoms with Gasteiger partial charge in [0.15, 0.2) is 0 Å². The molecule has 1 aromatic carbocycles. The van der Waals surface area contributed by atoms with Crippen LogP contribution in [0.3, 0.4) is 0 Å². The average Bonchev–Trinajstić information content (AvgIpc) is 2.80. The number of nitrogens with zero attached hydrogens (tertiary/aromatic N) is 1. The van der Waals surface area contributed by atoms with Gasteiger partial charge in [-0.3, -0.25) is 9.59 Å². The Morgan fingerprint density at radius 3 is 2.64 bits per heavy atom. The van der Waals surface area contributed by atoms with Crippen LogP contribution in [0.4, 0.5) is 0 Å². The molecule has 0 spiro atoms. The van der Waals surface area contributed by atoms with Gasteiger partial charge in [0.05, 0.1) is 5.92 Å². The van der Waals surface area contributed by atoms with E-state index in [2.05, 4.69) is 11.4 Å². The molecular weight excluding hydrogens is 280 g/mol. The quantitative estimate of drug-likeness (QED) is 0.917. The fourth-order valence-electron chi connectivity index (χ4n) is 3.04. The summed E-state index contributed by atoms with van der Waals surface area (Å²) >= 11 is 0. The van der Waals surface area contributed by atoms with Gasteiger partial charge in [-0.25, -0.2) is 0 Å². The van der Waals surface area contributed by atoms with Crippen molar-refractivity contribution in [1.82, 2.24) is 10.2 Å². The number of ether oxygens (including phenoxy) is 1. The van der Waals surface area contributed by atoms with E-state index in [0.717, 1.165) is 11.3 Å². The number of carbonyl (C=O) groups is 2. The molecule has 1 fully saturated rings. The van der Waals surface area contributed by atoms with E-state index in [4.69, 9.17) is 4.74 Å². The van der Waals surface area contributed by atoms with Crippen LogP contribution in [0.15, 0.2) is 12.1 Å². The van der Waals surface area contributed by atoms with E-state index in [0.29, 0.717) is 26.2 Å². The number of fused-ring (bicyclic) bond motifs is 1. The molecular formula is C17H22N2O3. The SMILES string of the molecule is CCNC(=O)C1CN(C(=O)[C@H]2COc3cc(C)c(C)cc32)C1. The number of hydrogen-bond donors (Lipinski definition) is 1. The van der Waals surface area contributed by atoms with Crippen molar-refractivity contribution >= 4 is 11.8 Å². The number of hydrogen-bond acceptors (Lipinski definition) is 3. The first-order valence-corrected chi connectivity index (χ1v) is 7.81. The molecule has 5 heteroatoms. The van der Waals surface area contributed by atoms with Crippen LogP contribution in [0, 0.1) is 19.8 Å². The Balaban J connectivity index is 1.67. The van der Waals surface area contributed by atoms with Crippen LogP contribution in [-0.2, 0) is 9.59 Å². The standard InChI is InChI=1S/C17H22N2O3/c1-4-18-16(20)12-7-19(8-12)17(21)14-9-22-15-6-11(3)10(2)5-13(14)15/h5-6,12,14H,4,7-9H2,1-3H3,(H,18,20)/t14-/m0/s1. The normalized spacial score (nSPS) is 20.1. The van der Waals surface area contributed by atoms with E-state index in [-0.39, 0.29) is 23.7 Å². The molecule has 0 aliphatic carbocycles. The largest absolute Gasteiger partial charge is 0.492 e. The van der Waals surface area contributed by atoms with Gasteiger partial charge in [-0.15, -0.1) is 0 Å². The smallest absolute Gasteiger partial charge is 0.233 e. The summed E-state index contributed by atoms with van der Waals surface area (Å²) in [4.78, 5) is 26.1. The van der Waals surface area contributed by atoms with E-state index >= 15 is 0 Å². The van der Waals surface area contributed by atoms with E-state index in [1.165, 1.54) is 11.1 Å². The third kappa shape index (κ3) is 2.45. The molecule has 0 radical (unpaired) electrons. The second-order valence-corrected chi connectivity index (χ2v) is 6.17. The predicted octanol–water partition coefficient (Wildman–Crippen LogP) is 1.37. The highest BCUT2D eigenvalue weighted by molar-refractivity contribution is 5.89. The lowest BCUT2D eigenvalue weighted by molar-refractivity contribution is -0.144. The van der Waals surface area contributed by atoms with E-state index in [1.54, 1.807) is 4.90 Å². The Bertz CT molecular complexity index is 621. The molecule has 2 aliphatic heterocycles. The highest BCUT2D eigenvalue weighted by atomic mass is 16.5. The first kappa shape index (κ1) is 14.9. The average molecular weight is 302 g/mol. The van der Waals surface area contributed by atoms with Crippen molar-refractivity contribution in [2.75, 3.05) is 26.2 Å². The van der Waals surface area contributed by atoms with Crippen molar-refractivity contribution in [2.24, 2.45) is 5.92 Å². The summed E-state index contributed by atoms with van der Waals surface area (Å²) in [5, 5.41) is 2.80. The summed E-state index contributed by atoms with van der Waals surface area (Å²) < 4.78 is 5.67. The number of amides is 2. The Morgan fingerprint density at radius 1 is 1.27 bits per heavy atom. The van der Waals surface area contributed by atoms with Gasteiger partial charge in [0.25, 0.3) is 0 Å². The maximum Gasteiger partial charge on any atom is 0.233 e. The Hall–Kier alpha value is -2.04. The molecule has 2 amide bonds. The summed E-state index contributed by atoms with van der Waals surface area (Å²) in [6.07, 6.45) is 0. The van der Waals surface area contributed by atoms with Crippen molar-refractivity contribution in [3.8, 4) is 5.75 Å².